The molecule has 14 heavy (non-hydrogen) atoms. The molecule has 76 valence electrons. The molecule has 0 aliphatic carbocycles. The molecule has 0 aromatic heterocycles. The van der Waals surface area contributed by atoms with Crippen LogP contribution in [-0.2, 0) is 11.3 Å². The zero-order valence-corrected chi connectivity index (χ0v) is 9.21. The second-order valence-corrected chi connectivity index (χ2v) is 2.41. The lowest BCUT2D eigenvalue weighted by molar-refractivity contribution is 0.153. The van der Waals surface area contributed by atoms with Crippen molar-refractivity contribution in [3.63, 3.8) is 0 Å². The van der Waals surface area contributed by atoms with E-state index in [2.05, 4.69) is 11.8 Å². The Morgan fingerprint density at radius 2 is 1.79 bits per heavy atom. The van der Waals surface area contributed by atoms with Crippen molar-refractivity contribution in [3.8, 4) is 11.8 Å². The minimum absolute atomic E-state index is 0.519. The third kappa shape index (κ3) is 6.28. The van der Waals surface area contributed by atoms with E-state index in [0.29, 0.717) is 13.2 Å². The van der Waals surface area contributed by atoms with Crippen molar-refractivity contribution >= 4 is 0 Å². The Kier molecular flexibility index (Phi) is 8.94. The summed E-state index contributed by atoms with van der Waals surface area (Å²) in [6, 6.07) is 10.1. The highest BCUT2D eigenvalue weighted by Gasteiger charge is 1.88. The molecule has 0 fully saturated rings. The Bertz CT molecular complexity index is 266. The fourth-order valence-corrected chi connectivity index (χ4v) is 0.866. The zero-order valence-electron chi connectivity index (χ0n) is 9.21. The van der Waals surface area contributed by atoms with Crippen LogP contribution in [0, 0.1) is 11.8 Å². The fourth-order valence-electron chi connectivity index (χ4n) is 0.866. The molecule has 0 radical (unpaired) electrons. The largest absolute Gasteiger partial charge is 0.364 e. The van der Waals surface area contributed by atoms with E-state index in [9.17, 15) is 0 Å². The molecule has 0 unspecified atom stereocenters. The molecule has 0 heterocycles. The van der Waals surface area contributed by atoms with Crippen molar-refractivity contribution in [2.75, 3.05) is 6.61 Å². The summed E-state index contributed by atoms with van der Waals surface area (Å²) in [5.74, 6) is 5.63. The van der Waals surface area contributed by atoms with Crippen LogP contribution < -0.4 is 0 Å². The van der Waals surface area contributed by atoms with Gasteiger partial charge in [-0.3, -0.25) is 0 Å². The van der Waals surface area contributed by atoms with E-state index in [4.69, 9.17) is 4.74 Å². The molecular weight excluding hydrogens is 172 g/mol. The quantitative estimate of drug-likeness (QED) is 0.525. The van der Waals surface area contributed by atoms with Gasteiger partial charge in [-0.05, 0) is 12.5 Å². The summed E-state index contributed by atoms with van der Waals surface area (Å²) in [5, 5.41) is 0. The molecule has 1 aromatic rings. The van der Waals surface area contributed by atoms with E-state index < -0.39 is 0 Å². The molecule has 1 aromatic carbocycles. The normalized spacial score (nSPS) is 7.93. The maximum absolute atomic E-state index is 5.29. The maximum atomic E-state index is 5.29. The lowest BCUT2D eigenvalue weighted by atomic mass is 10.2. The van der Waals surface area contributed by atoms with Gasteiger partial charge in [0.2, 0.25) is 0 Å². The monoisotopic (exact) mass is 190 g/mol. The van der Waals surface area contributed by atoms with E-state index >= 15 is 0 Å². The summed E-state index contributed by atoms with van der Waals surface area (Å²) in [6.07, 6.45) is 0. The van der Waals surface area contributed by atoms with Crippen LogP contribution in [0.3, 0.4) is 0 Å². The van der Waals surface area contributed by atoms with Gasteiger partial charge >= 0.3 is 0 Å². The molecule has 0 aliphatic rings. The number of hydrogen-bond donors (Lipinski definition) is 0. The summed E-state index contributed by atoms with van der Waals surface area (Å²) in [7, 11) is 0. The first-order valence-electron chi connectivity index (χ1n) is 4.95. The van der Waals surface area contributed by atoms with Crippen LogP contribution in [0.1, 0.15) is 26.3 Å². The summed E-state index contributed by atoms with van der Waals surface area (Å²) in [6.45, 7) is 6.98. The Hall–Kier alpha value is -1.26. The third-order valence-electron chi connectivity index (χ3n) is 1.46. The second kappa shape index (κ2) is 9.83. The lowest BCUT2D eigenvalue weighted by Crippen LogP contribution is -1.92. The highest BCUT2D eigenvalue weighted by atomic mass is 16.5. The van der Waals surface area contributed by atoms with E-state index in [1.54, 1.807) is 0 Å². The van der Waals surface area contributed by atoms with Crippen molar-refractivity contribution in [2.24, 2.45) is 0 Å². The summed E-state index contributed by atoms with van der Waals surface area (Å²) < 4.78 is 5.29. The predicted molar refractivity (Wildman–Crippen MR) is 60.9 cm³/mol. The molecule has 0 atom stereocenters. The standard InChI is InChI=1S/C11H12O.C2H6/c1-2-3-9-12-10-11-7-5-4-6-8-11;1-2/h4-8H,9-10H2,1H3;1-2H3. The lowest BCUT2D eigenvalue weighted by Gasteiger charge is -1.98. The van der Waals surface area contributed by atoms with Gasteiger partial charge in [-0.1, -0.05) is 50.1 Å². The Morgan fingerprint density at radius 1 is 1.14 bits per heavy atom. The molecule has 1 heteroatoms. The van der Waals surface area contributed by atoms with Gasteiger partial charge in [0.1, 0.15) is 6.61 Å². The van der Waals surface area contributed by atoms with Gasteiger partial charge in [0.05, 0.1) is 6.61 Å². The highest BCUT2D eigenvalue weighted by Crippen LogP contribution is 1.99. The summed E-state index contributed by atoms with van der Waals surface area (Å²) in [5.41, 5.74) is 1.19. The van der Waals surface area contributed by atoms with Gasteiger partial charge in [-0.15, -0.1) is 5.92 Å². The molecule has 0 amide bonds. The first-order chi connectivity index (χ1) is 6.93. The van der Waals surface area contributed by atoms with Crippen molar-refractivity contribution in [2.45, 2.75) is 27.4 Å². The van der Waals surface area contributed by atoms with Crippen molar-refractivity contribution in [1.29, 1.82) is 0 Å². The Morgan fingerprint density at radius 3 is 2.36 bits per heavy atom. The highest BCUT2D eigenvalue weighted by molar-refractivity contribution is 5.13. The number of ether oxygens (including phenoxy) is 1. The molecule has 0 aliphatic heterocycles. The molecular formula is C13H18O. The molecule has 1 nitrogen and oxygen atoms in total. The van der Waals surface area contributed by atoms with Gasteiger partial charge in [-0.2, -0.15) is 0 Å². The van der Waals surface area contributed by atoms with Crippen LogP contribution >= 0.6 is 0 Å². The first-order valence-corrected chi connectivity index (χ1v) is 4.95. The van der Waals surface area contributed by atoms with E-state index in [1.807, 2.05) is 51.1 Å². The SMILES string of the molecule is CC.CC#CCOCc1ccccc1. The van der Waals surface area contributed by atoms with Gasteiger partial charge < -0.3 is 4.74 Å². The molecule has 0 saturated carbocycles. The minimum Gasteiger partial charge on any atom is -0.364 e. The summed E-state index contributed by atoms with van der Waals surface area (Å²) in [4.78, 5) is 0. The number of hydrogen-bond acceptors (Lipinski definition) is 1. The minimum atomic E-state index is 0.519. The average molecular weight is 190 g/mol. The van der Waals surface area contributed by atoms with Gasteiger partial charge in [-0.25, -0.2) is 0 Å². The molecule has 0 N–H and O–H groups in total. The Labute approximate surface area is 87.1 Å². The van der Waals surface area contributed by atoms with Crippen LogP contribution in [0.25, 0.3) is 0 Å². The van der Waals surface area contributed by atoms with Crippen molar-refractivity contribution in [1.82, 2.24) is 0 Å². The van der Waals surface area contributed by atoms with E-state index in [-0.39, 0.29) is 0 Å². The predicted octanol–water partition coefficient (Wildman–Crippen LogP) is 3.25. The van der Waals surface area contributed by atoms with Gasteiger partial charge in [0.15, 0.2) is 0 Å². The topological polar surface area (TPSA) is 9.23 Å². The third-order valence-corrected chi connectivity index (χ3v) is 1.46. The van der Waals surface area contributed by atoms with E-state index in [1.165, 1.54) is 5.56 Å². The number of rotatable bonds is 3. The van der Waals surface area contributed by atoms with Crippen molar-refractivity contribution in [3.05, 3.63) is 35.9 Å². The average Bonchev–Trinajstić information content (AvgIpc) is 2.29. The number of benzene rings is 1. The van der Waals surface area contributed by atoms with Gasteiger partial charge in [0.25, 0.3) is 0 Å². The molecule has 1 rings (SSSR count). The van der Waals surface area contributed by atoms with Crippen LogP contribution in [-0.4, -0.2) is 6.61 Å². The molecule has 0 spiro atoms. The van der Waals surface area contributed by atoms with Crippen LogP contribution in [0.2, 0.25) is 0 Å². The molecule has 0 bridgehead atoms. The van der Waals surface area contributed by atoms with E-state index in [0.717, 1.165) is 0 Å². The van der Waals surface area contributed by atoms with Crippen LogP contribution in [0.5, 0.6) is 0 Å². The van der Waals surface area contributed by atoms with Crippen LogP contribution in [0.4, 0.5) is 0 Å². The van der Waals surface area contributed by atoms with Gasteiger partial charge in [0, 0.05) is 0 Å². The van der Waals surface area contributed by atoms with Crippen molar-refractivity contribution < 1.29 is 4.74 Å². The fraction of sp³-hybridized carbons (Fsp3) is 0.385. The second-order valence-electron chi connectivity index (χ2n) is 2.41. The first kappa shape index (κ1) is 12.7. The zero-order chi connectivity index (χ0) is 10.6. The van der Waals surface area contributed by atoms with Crippen LogP contribution in [0.15, 0.2) is 30.3 Å². The Balaban J connectivity index is 0.000000791. The summed E-state index contributed by atoms with van der Waals surface area (Å²) >= 11 is 0. The maximum Gasteiger partial charge on any atom is 0.108 e. The smallest absolute Gasteiger partial charge is 0.108 e. The molecule has 0 saturated heterocycles.